The van der Waals surface area contributed by atoms with Crippen LogP contribution in [-0.4, -0.2) is 19.2 Å². The zero-order valence-corrected chi connectivity index (χ0v) is 9.46. The average Bonchev–Trinajstić information content (AvgIpc) is 3.01. The van der Waals surface area contributed by atoms with E-state index >= 15 is 0 Å². The highest BCUT2D eigenvalue weighted by Crippen LogP contribution is 2.19. The number of hydrogen-bond acceptors (Lipinski definition) is 2. The molecule has 0 heterocycles. The second-order valence-corrected chi connectivity index (χ2v) is 4.32. The SMILES string of the molecule is Clc1cccc(OCCCNC2CC2)c1. The number of halogens is 1. The Morgan fingerprint density at radius 3 is 3.00 bits per heavy atom. The maximum Gasteiger partial charge on any atom is 0.120 e. The van der Waals surface area contributed by atoms with Gasteiger partial charge < -0.3 is 10.1 Å². The largest absolute Gasteiger partial charge is 0.493 e. The van der Waals surface area contributed by atoms with Gasteiger partial charge in [-0.25, -0.2) is 0 Å². The Kier molecular flexibility index (Phi) is 3.87. The minimum Gasteiger partial charge on any atom is -0.493 e. The summed E-state index contributed by atoms with van der Waals surface area (Å²) in [6.45, 7) is 1.80. The molecule has 1 aliphatic rings. The Hall–Kier alpha value is -0.730. The van der Waals surface area contributed by atoms with Crippen molar-refractivity contribution in [2.75, 3.05) is 13.2 Å². The molecule has 2 nitrogen and oxygen atoms in total. The van der Waals surface area contributed by atoms with Crippen molar-refractivity contribution in [1.29, 1.82) is 0 Å². The number of ether oxygens (including phenoxy) is 1. The van der Waals surface area contributed by atoms with Gasteiger partial charge in [-0.1, -0.05) is 17.7 Å². The smallest absolute Gasteiger partial charge is 0.120 e. The van der Waals surface area contributed by atoms with Gasteiger partial charge in [0.05, 0.1) is 6.61 Å². The van der Waals surface area contributed by atoms with E-state index < -0.39 is 0 Å². The molecule has 1 aromatic rings. The minimum absolute atomic E-state index is 0.726. The summed E-state index contributed by atoms with van der Waals surface area (Å²) in [4.78, 5) is 0. The second kappa shape index (κ2) is 5.38. The molecule has 0 spiro atoms. The number of hydrogen-bond donors (Lipinski definition) is 1. The van der Waals surface area contributed by atoms with Crippen molar-refractivity contribution in [1.82, 2.24) is 5.32 Å². The fourth-order valence-electron chi connectivity index (χ4n) is 1.41. The summed E-state index contributed by atoms with van der Waals surface area (Å²) in [5.41, 5.74) is 0. The third-order valence-electron chi connectivity index (χ3n) is 2.40. The van der Waals surface area contributed by atoms with Gasteiger partial charge in [-0.05, 0) is 44.0 Å². The van der Waals surface area contributed by atoms with E-state index in [9.17, 15) is 0 Å². The number of nitrogens with one attached hydrogen (secondary N) is 1. The first-order chi connectivity index (χ1) is 7.34. The molecule has 1 N–H and O–H groups in total. The van der Waals surface area contributed by atoms with E-state index in [1.165, 1.54) is 12.8 Å². The highest BCUT2D eigenvalue weighted by molar-refractivity contribution is 6.30. The monoisotopic (exact) mass is 225 g/mol. The Bertz CT molecular complexity index is 312. The van der Waals surface area contributed by atoms with Gasteiger partial charge in [0.2, 0.25) is 0 Å². The van der Waals surface area contributed by atoms with Crippen LogP contribution in [0.2, 0.25) is 5.02 Å². The molecule has 0 bridgehead atoms. The molecule has 1 aromatic carbocycles. The van der Waals surface area contributed by atoms with Crippen molar-refractivity contribution in [3.63, 3.8) is 0 Å². The predicted octanol–water partition coefficient (Wildman–Crippen LogP) is 2.86. The first-order valence-corrected chi connectivity index (χ1v) is 5.84. The maximum atomic E-state index is 5.84. The Morgan fingerprint density at radius 2 is 2.27 bits per heavy atom. The van der Waals surface area contributed by atoms with Crippen molar-refractivity contribution < 1.29 is 4.74 Å². The lowest BCUT2D eigenvalue weighted by atomic mass is 10.3. The average molecular weight is 226 g/mol. The highest BCUT2D eigenvalue weighted by atomic mass is 35.5. The number of benzene rings is 1. The summed E-state index contributed by atoms with van der Waals surface area (Å²) in [7, 11) is 0. The van der Waals surface area contributed by atoms with Crippen LogP contribution in [0.15, 0.2) is 24.3 Å². The van der Waals surface area contributed by atoms with Gasteiger partial charge in [0.25, 0.3) is 0 Å². The van der Waals surface area contributed by atoms with Crippen molar-refractivity contribution in [3.8, 4) is 5.75 Å². The highest BCUT2D eigenvalue weighted by Gasteiger charge is 2.19. The lowest BCUT2D eigenvalue weighted by Crippen LogP contribution is -2.19. The third kappa shape index (κ3) is 4.10. The van der Waals surface area contributed by atoms with E-state index in [-0.39, 0.29) is 0 Å². The molecule has 0 radical (unpaired) electrons. The van der Waals surface area contributed by atoms with Gasteiger partial charge in [-0.3, -0.25) is 0 Å². The van der Waals surface area contributed by atoms with Crippen molar-refractivity contribution >= 4 is 11.6 Å². The summed E-state index contributed by atoms with van der Waals surface area (Å²) in [5.74, 6) is 0.855. The Morgan fingerprint density at radius 1 is 1.40 bits per heavy atom. The molecule has 1 saturated carbocycles. The van der Waals surface area contributed by atoms with Crippen LogP contribution in [0.3, 0.4) is 0 Å². The van der Waals surface area contributed by atoms with Crippen LogP contribution in [0.1, 0.15) is 19.3 Å². The van der Waals surface area contributed by atoms with E-state index in [4.69, 9.17) is 16.3 Å². The molecule has 0 amide bonds. The van der Waals surface area contributed by atoms with Gasteiger partial charge in [-0.15, -0.1) is 0 Å². The molecule has 0 saturated heterocycles. The van der Waals surface area contributed by atoms with E-state index in [2.05, 4.69) is 5.32 Å². The molecule has 2 rings (SSSR count). The van der Waals surface area contributed by atoms with Gasteiger partial charge in [-0.2, -0.15) is 0 Å². The quantitative estimate of drug-likeness (QED) is 0.752. The van der Waals surface area contributed by atoms with E-state index in [0.29, 0.717) is 0 Å². The third-order valence-corrected chi connectivity index (χ3v) is 2.63. The first kappa shape index (κ1) is 10.8. The summed E-state index contributed by atoms with van der Waals surface area (Å²) in [5, 5.41) is 4.17. The molecule has 0 unspecified atom stereocenters. The standard InChI is InChI=1S/C12H16ClNO/c13-10-3-1-4-12(9-10)15-8-2-7-14-11-5-6-11/h1,3-4,9,11,14H,2,5-8H2. The number of rotatable bonds is 6. The maximum absolute atomic E-state index is 5.84. The molecule has 0 aliphatic heterocycles. The Labute approximate surface area is 95.6 Å². The minimum atomic E-state index is 0.726. The van der Waals surface area contributed by atoms with Gasteiger partial charge in [0, 0.05) is 11.1 Å². The van der Waals surface area contributed by atoms with E-state index in [1.807, 2.05) is 24.3 Å². The molecular weight excluding hydrogens is 210 g/mol. The first-order valence-electron chi connectivity index (χ1n) is 5.46. The summed E-state index contributed by atoms with van der Waals surface area (Å²) in [6, 6.07) is 8.32. The zero-order valence-electron chi connectivity index (χ0n) is 8.71. The predicted molar refractivity (Wildman–Crippen MR) is 62.6 cm³/mol. The van der Waals surface area contributed by atoms with Crippen LogP contribution in [0.4, 0.5) is 0 Å². The zero-order chi connectivity index (χ0) is 10.5. The van der Waals surface area contributed by atoms with Gasteiger partial charge in [0.1, 0.15) is 5.75 Å². The molecule has 0 aromatic heterocycles. The lowest BCUT2D eigenvalue weighted by molar-refractivity contribution is 0.308. The van der Waals surface area contributed by atoms with Crippen molar-refractivity contribution in [2.45, 2.75) is 25.3 Å². The van der Waals surface area contributed by atoms with E-state index in [1.54, 1.807) is 0 Å². The fourth-order valence-corrected chi connectivity index (χ4v) is 1.59. The Balaban J connectivity index is 1.60. The molecule has 82 valence electrons. The van der Waals surface area contributed by atoms with Crippen LogP contribution >= 0.6 is 11.6 Å². The van der Waals surface area contributed by atoms with Crippen LogP contribution in [-0.2, 0) is 0 Å². The summed E-state index contributed by atoms with van der Waals surface area (Å²) in [6.07, 6.45) is 3.73. The van der Waals surface area contributed by atoms with Gasteiger partial charge >= 0.3 is 0 Å². The fraction of sp³-hybridized carbons (Fsp3) is 0.500. The molecule has 15 heavy (non-hydrogen) atoms. The molecular formula is C12H16ClNO. The molecule has 1 aliphatic carbocycles. The molecule has 0 atom stereocenters. The topological polar surface area (TPSA) is 21.3 Å². The van der Waals surface area contributed by atoms with Crippen LogP contribution in [0.25, 0.3) is 0 Å². The normalized spacial score (nSPS) is 15.3. The molecule has 3 heteroatoms. The van der Waals surface area contributed by atoms with E-state index in [0.717, 1.165) is 36.4 Å². The van der Waals surface area contributed by atoms with Crippen LogP contribution < -0.4 is 10.1 Å². The van der Waals surface area contributed by atoms with Crippen molar-refractivity contribution in [2.24, 2.45) is 0 Å². The van der Waals surface area contributed by atoms with Crippen LogP contribution in [0.5, 0.6) is 5.75 Å². The summed E-state index contributed by atoms with van der Waals surface area (Å²) >= 11 is 5.84. The van der Waals surface area contributed by atoms with Crippen LogP contribution in [0, 0.1) is 0 Å². The summed E-state index contributed by atoms with van der Waals surface area (Å²) < 4.78 is 5.56. The second-order valence-electron chi connectivity index (χ2n) is 3.89. The lowest BCUT2D eigenvalue weighted by Gasteiger charge is -2.06. The molecule has 1 fully saturated rings. The van der Waals surface area contributed by atoms with Crippen molar-refractivity contribution in [3.05, 3.63) is 29.3 Å². The van der Waals surface area contributed by atoms with Gasteiger partial charge in [0.15, 0.2) is 0 Å².